The standard InChI is InChI=1S/C23H31N3O3S/c1-4-26(18(2)3)21-12-10-20(11-13-21)24-23(27)22(19-8-6-5-7-9-19)25-14-16-30(28,29)17-15-25/h5-13,18,22H,4,14-17H2,1-3H3,(H,24,27). The molecule has 3 rings (SSSR count). The SMILES string of the molecule is CCN(c1ccc(NC(=O)C(c2ccccc2)N2CCS(=O)(=O)CC2)cc1)C(C)C. The second-order valence-corrected chi connectivity index (χ2v) is 10.2. The topological polar surface area (TPSA) is 69.7 Å². The van der Waals surface area contributed by atoms with Gasteiger partial charge in [-0.05, 0) is 50.6 Å². The number of hydrogen-bond acceptors (Lipinski definition) is 5. The predicted octanol–water partition coefficient (Wildman–Crippen LogP) is 3.33. The first-order chi connectivity index (χ1) is 14.3. The summed E-state index contributed by atoms with van der Waals surface area (Å²) in [5.41, 5.74) is 2.71. The van der Waals surface area contributed by atoms with E-state index in [-0.39, 0.29) is 17.4 Å². The van der Waals surface area contributed by atoms with Gasteiger partial charge in [0.05, 0.1) is 11.5 Å². The maximum absolute atomic E-state index is 13.2. The summed E-state index contributed by atoms with van der Waals surface area (Å²) in [6, 6.07) is 17.3. The van der Waals surface area contributed by atoms with Crippen LogP contribution in [0.2, 0.25) is 0 Å². The van der Waals surface area contributed by atoms with Crippen molar-refractivity contribution >= 4 is 27.1 Å². The van der Waals surface area contributed by atoms with Crippen LogP contribution >= 0.6 is 0 Å². The van der Waals surface area contributed by atoms with Crippen LogP contribution in [0.25, 0.3) is 0 Å². The summed E-state index contributed by atoms with van der Waals surface area (Å²) in [5, 5.41) is 3.02. The Kier molecular flexibility index (Phi) is 7.15. The number of anilines is 2. The minimum absolute atomic E-state index is 0.0837. The van der Waals surface area contributed by atoms with Gasteiger partial charge >= 0.3 is 0 Å². The molecule has 0 radical (unpaired) electrons. The molecule has 30 heavy (non-hydrogen) atoms. The molecule has 2 aromatic rings. The van der Waals surface area contributed by atoms with E-state index in [2.05, 4.69) is 31.0 Å². The summed E-state index contributed by atoms with van der Waals surface area (Å²) in [7, 11) is -3.02. The van der Waals surface area contributed by atoms with Gasteiger partial charge in [-0.25, -0.2) is 8.42 Å². The van der Waals surface area contributed by atoms with E-state index < -0.39 is 15.9 Å². The van der Waals surface area contributed by atoms with E-state index in [0.717, 1.165) is 23.5 Å². The van der Waals surface area contributed by atoms with Gasteiger partial charge in [0.15, 0.2) is 9.84 Å². The van der Waals surface area contributed by atoms with Crippen molar-refractivity contribution in [3.63, 3.8) is 0 Å². The van der Waals surface area contributed by atoms with Crippen molar-refractivity contribution in [2.75, 3.05) is 41.4 Å². The third kappa shape index (κ3) is 5.40. The molecule has 0 aromatic heterocycles. The van der Waals surface area contributed by atoms with E-state index >= 15 is 0 Å². The summed E-state index contributed by atoms with van der Waals surface area (Å²) in [6.07, 6.45) is 0. The molecule has 0 bridgehead atoms. The smallest absolute Gasteiger partial charge is 0.246 e. The normalized spacial score (nSPS) is 17.5. The number of carbonyl (C=O) groups excluding carboxylic acids is 1. The van der Waals surface area contributed by atoms with E-state index in [4.69, 9.17) is 0 Å². The molecule has 1 N–H and O–H groups in total. The van der Waals surface area contributed by atoms with Gasteiger partial charge in [-0.3, -0.25) is 9.69 Å². The highest BCUT2D eigenvalue weighted by molar-refractivity contribution is 7.91. The van der Waals surface area contributed by atoms with Crippen LogP contribution in [0.15, 0.2) is 54.6 Å². The van der Waals surface area contributed by atoms with Gasteiger partial charge in [0.25, 0.3) is 0 Å². The average molecular weight is 430 g/mol. The lowest BCUT2D eigenvalue weighted by Crippen LogP contribution is -2.46. The van der Waals surface area contributed by atoms with Crippen LogP contribution in [-0.2, 0) is 14.6 Å². The summed E-state index contributed by atoms with van der Waals surface area (Å²) in [5.74, 6) is 0.0187. The second kappa shape index (κ2) is 9.62. The maximum atomic E-state index is 13.2. The summed E-state index contributed by atoms with van der Waals surface area (Å²) < 4.78 is 23.7. The minimum atomic E-state index is -3.02. The van der Waals surface area contributed by atoms with E-state index in [1.165, 1.54) is 0 Å². The van der Waals surface area contributed by atoms with E-state index in [9.17, 15) is 13.2 Å². The molecular formula is C23H31N3O3S. The van der Waals surface area contributed by atoms with Crippen molar-refractivity contribution in [2.24, 2.45) is 0 Å². The zero-order valence-electron chi connectivity index (χ0n) is 17.9. The van der Waals surface area contributed by atoms with Crippen LogP contribution in [0.5, 0.6) is 0 Å². The Labute approximate surface area is 179 Å². The number of carbonyl (C=O) groups is 1. The molecule has 1 unspecified atom stereocenters. The van der Waals surface area contributed by atoms with E-state index in [1.54, 1.807) is 0 Å². The Balaban J connectivity index is 1.78. The zero-order valence-corrected chi connectivity index (χ0v) is 18.7. The Morgan fingerprint density at radius 3 is 2.17 bits per heavy atom. The molecule has 1 fully saturated rings. The quantitative estimate of drug-likeness (QED) is 0.731. The molecule has 7 heteroatoms. The van der Waals surface area contributed by atoms with Crippen molar-refractivity contribution in [1.82, 2.24) is 4.90 Å². The first-order valence-corrected chi connectivity index (χ1v) is 12.3. The van der Waals surface area contributed by atoms with Crippen molar-refractivity contribution in [1.29, 1.82) is 0 Å². The third-order valence-corrected chi connectivity index (χ3v) is 7.15. The molecule has 1 aliphatic rings. The Hall–Kier alpha value is -2.38. The molecule has 1 atom stereocenters. The molecule has 0 aliphatic carbocycles. The van der Waals surface area contributed by atoms with Crippen LogP contribution in [-0.4, -0.2) is 56.4 Å². The number of rotatable bonds is 7. The minimum Gasteiger partial charge on any atom is -0.369 e. The largest absolute Gasteiger partial charge is 0.369 e. The Morgan fingerprint density at radius 2 is 1.63 bits per heavy atom. The van der Waals surface area contributed by atoms with E-state index in [0.29, 0.717) is 19.1 Å². The van der Waals surface area contributed by atoms with Crippen LogP contribution in [0.1, 0.15) is 32.4 Å². The van der Waals surface area contributed by atoms with Crippen LogP contribution < -0.4 is 10.2 Å². The van der Waals surface area contributed by atoms with Crippen LogP contribution in [0.3, 0.4) is 0 Å². The zero-order chi connectivity index (χ0) is 21.7. The lowest BCUT2D eigenvalue weighted by Gasteiger charge is -2.33. The fraction of sp³-hybridized carbons (Fsp3) is 0.435. The van der Waals surface area contributed by atoms with Gasteiger partial charge in [0.1, 0.15) is 6.04 Å². The fourth-order valence-electron chi connectivity index (χ4n) is 3.94. The molecule has 1 heterocycles. The molecule has 1 amide bonds. The molecule has 1 aliphatic heterocycles. The lowest BCUT2D eigenvalue weighted by atomic mass is 10.0. The van der Waals surface area contributed by atoms with Crippen molar-refractivity contribution in [3.05, 3.63) is 60.2 Å². The number of hydrogen-bond donors (Lipinski definition) is 1. The van der Waals surface area contributed by atoms with E-state index in [1.807, 2.05) is 59.5 Å². The highest BCUT2D eigenvalue weighted by atomic mass is 32.2. The Bertz CT molecular complexity index is 929. The first-order valence-electron chi connectivity index (χ1n) is 10.5. The highest BCUT2D eigenvalue weighted by Crippen LogP contribution is 2.26. The highest BCUT2D eigenvalue weighted by Gasteiger charge is 2.32. The van der Waals surface area contributed by atoms with Gasteiger partial charge < -0.3 is 10.2 Å². The molecular weight excluding hydrogens is 398 g/mol. The molecule has 0 saturated carbocycles. The van der Waals surface area contributed by atoms with Crippen LogP contribution in [0, 0.1) is 0 Å². The average Bonchev–Trinajstić information content (AvgIpc) is 2.72. The molecule has 2 aromatic carbocycles. The van der Waals surface area contributed by atoms with Crippen molar-refractivity contribution in [3.8, 4) is 0 Å². The van der Waals surface area contributed by atoms with Crippen LogP contribution in [0.4, 0.5) is 11.4 Å². The van der Waals surface area contributed by atoms with Gasteiger partial charge in [0, 0.05) is 37.1 Å². The first kappa shape index (κ1) is 22.3. The van der Waals surface area contributed by atoms with Gasteiger partial charge in [0.2, 0.25) is 5.91 Å². The number of benzene rings is 2. The lowest BCUT2D eigenvalue weighted by molar-refractivity contribution is -0.121. The second-order valence-electron chi connectivity index (χ2n) is 7.92. The molecule has 1 saturated heterocycles. The van der Waals surface area contributed by atoms with Crippen molar-refractivity contribution in [2.45, 2.75) is 32.9 Å². The predicted molar refractivity (Wildman–Crippen MR) is 123 cm³/mol. The molecule has 6 nitrogen and oxygen atoms in total. The van der Waals surface area contributed by atoms with Gasteiger partial charge in [-0.2, -0.15) is 0 Å². The molecule has 0 spiro atoms. The van der Waals surface area contributed by atoms with Crippen molar-refractivity contribution < 1.29 is 13.2 Å². The number of sulfone groups is 1. The Morgan fingerprint density at radius 1 is 1.03 bits per heavy atom. The molecule has 162 valence electrons. The summed E-state index contributed by atoms with van der Waals surface area (Å²) in [6.45, 7) is 8.06. The summed E-state index contributed by atoms with van der Waals surface area (Å²) >= 11 is 0. The third-order valence-electron chi connectivity index (χ3n) is 5.54. The van der Waals surface area contributed by atoms with Gasteiger partial charge in [-0.15, -0.1) is 0 Å². The van der Waals surface area contributed by atoms with Gasteiger partial charge in [-0.1, -0.05) is 30.3 Å². The number of amides is 1. The number of nitrogens with one attached hydrogen (secondary N) is 1. The monoisotopic (exact) mass is 429 g/mol. The fourth-order valence-corrected chi connectivity index (χ4v) is 5.17. The number of nitrogens with zero attached hydrogens (tertiary/aromatic N) is 2. The maximum Gasteiger partial charge on any atom is 0.246 e. The summed E-state index contributed by atoms with van der Waals surface area (Å²) in [4.78, 5) is 17.5.